The standard InChI is InChI=1S/C5H10OS2/c1-5(7)8-4-3-6-2/h3-4H2,1-2H3. The van der Waals surface area contributed by atoms with Gasteiger partial charge in [0, 0.05) is 17.1 Å². The summed E-state index contributed by atoms with van der Waals surface area (Å²) in [4.78, 5) is 0. The molecule has 1 nitrogen and oxygen atoms in total. The van der Waals surface area contributed by atoms with Crippen molar-refractivity contribution in [3.8, 4) is 0 Å². The monoisotopic (exact) mass is 150 g/mol. The predicted molar refractivity (Wildman–Crippen MR) is 42.6 cm³/mol. The first-order valence-corrected chi connectivity index (χ1v) is 3.79. The average Bonchev–Trinajstić information content (AvgIpc) is 1.66. The maximum Gasteiger partial charge on any atom is 0.0556 e. The highest BCUT2D eigenvalue weighted by atomic mass is 32.2. The lowest BCUT2D eigenvalue weighted by atomic mass is 10.9. The Kier molecular flexibility index (Phi) is 5.81. The van der Waals surface area contributed by atoms with Crippen molar-refractivity contribution in [1.82, 2.24) is 0 Å². The van der Waals surface area contributed by atoms with Crippen LogP contribution >= 0.6 is 24.0 Å². The molecule has 0 radical (unpaired) electrons. The third kappa shape index (κ3) is 6.40. The summed E-state index contributed by atoms with van der Waals surface area (Å²) in [5.41, 5.74) is 0. The summed E-state index contributed by atoms with van der Waals surface area (Å²) in [6.07, 6.45) is 0. The maximum atomic E-state index is 4.82. The minimum Gasteiger partial charge on any atom is -0.384 e. The van der Waals surface area contributed by atoms with Crippen LogP contribution in [0.1, 0.15) is 6.92 Å². The Labute approximate surface area is 59.8 Å². The quantitative estimate of drug-likeness (QED) is 0.448. The lowest BCUT2D eigenvalue weighted by Gasteiger charge is -1.94. The minimum absolute atomic E-state index is 0.790. The normalized spacial score (nSPS) is 9.25. The topological polar surface area (TPSA) is 9.23 Å². The Bertz CT molecular complexity index is 72.8. The SMILES string of the molecule is COCCSC(C)=S. The Morgan fingerprint density at radius 2 is 2.38 bits per heavy atom. The van der Waals surface area contributed by atoms with Crippen LogP contribution in [0, 0.1) is 0 Å². The van der Waals surface area contributed by atoms with Crippen LogP contribution in [0.5, 0.6) is 0 Å². The molecule has 0 bridgehead atoms. The molecule has 0 unspecified atom stereocenters. The van der Waals surface area contributed by atoms with Crippen molar-refractivity contribution in [1.29, 1.82) is 0 Å². The summed E-state index contributed by atoms with van der Waals surface area (Å²) in [5, 5.41) is 0. The molecule has 0 aliphatic rings. The van der Waals surface area contributed by atoms with E-state index in [9.17, 15) is 0 Å². The van der Waals surface area contributed by atoms with Gasteiger partial charge in [-0.3, -0.25) is 0 Å². The Hall–Kier alpha value is 0.400. The van der Waals surface area contributed by atoms with Crippen LogP contribution in [0.2, 0.25) is 0 Å². The Morgan fingerprint density at radius 3 is 2.75 bits per heavy atom. The number of rotatable bonds is 3. The van der Waals surface area contributed by atoms with E-state index in [1.165, 1.54) is 0 Å². The molecular weight excluding hydrogens is 140 g/mol. The van der Waals surface area contributed by atoms with Crippen molar-refractivity contribution >= 4 is 28.2 Å². The fourth-order valence-electron chi connectivity index (χ4n) is 0.269. The summed E-state index contributed by atoms with van der Waals surface area (Å²) in [7, 11) is 1.69. The summed E-state index contributed by atoms with van der Waals surface area (Å²) in [5.74, 6) is 0.978. The van der Waals surface area contributed by atoms with Gasteiger partial charge in [0.1, 0.15) is 0 Å². The molecular formula is C5H10OS2. The second-order valence-electron chi connectivity index (χ2n) is 1.33. The number of hydrogen-bond donors (Lipinski definition) is 0. The molecule has 0 atom stereocenters. The van der Waals surface area contributed by atoms with Gasteiger partial charge in [-0.25, -0.2) is 0 Å². The number of ether oxygens (including phenoxy) is 1. The van der Waals surface area contributed by atoms with Crippen LogP contribution in [0.15, 0.2) is 0 Å². The molecule has 0 saturated heterocycles. The van der Waals surface area contributed by atoms with Crippen LogP contribution in [-0.4, -0.2) is 23.7 Å². The minimum atomic E-state index is 0.790. The first kappa shape index (κ1) is 8.40. The fourth-order valence-corrected chi connectivity index (χ4v) is 1.06. The van der Waals surface area contributed by atoms with Gasteiger partial charge in [-0.15, -0.1) is 11.8 Å². The highest BCUT2D eigenvalue weighted by molar-refractivity contribution is 8.23. The van der Waals surface area contributed by atoms with Gasteiger partial charge in [0.15, 0.2) is 0 Å². The molecule has 0 heterocycles. The summed E-state index contributed by atoms with van der Waals surface area (Å²) in [6, 6.07) is 0. The van der Waals surface area contributed by atoms with Crippen molar-refractivity contribution < 1.29 is 4.74 Å². The van der Waals surface area contributed by atoms with Crippen molar-refractivity contribution in [2.24, 2.45) is 0 Å². The third-order valence-electron chi connectivity index (χ3n) is 0.593. The zero-order chi connectivity index (χ0) is 6.41. The van der Waals surface area contributed by atoms with E-state index in [0.29, 0.717) is 0 Å². The molecule has 0 N–H and O–H groups in total. The zero-order valence-electron chi connectivity index (χ0n) is 5.14. The highest BCUT2D eigenvalue weighted by Gasteiger charge is 1.86. The second kappa shape index (κ2) is 5.54. The van der Waals surface area contributed by atoms with Gasteiger partial charge in [-0.2, -0.15) is 0 Å². The van der Waals surface area contributed by atoms with E-state index in [0.717, 1.165) is 16.6 Å². The molecule has 0 aromatic rings. The van der Waals surface area contributed by atoms with E-state index >= 15 is 0 Å². The molecule has 3 heteroatoms. The summed E-state index contributed by atoms with van der Waals surface area (Å²) < 4.78 is 5.80. The van der Waals surface area contributed by atoms with E-state index in [1.54, 1.807) is 18.9 Å². The molecule has 0 aliphatic carbocycles. The van der Waals surface area contributed by atoms with E-state index in [1.807, 2.05) is 6.92 Å². The van der Waals surface area contributed by atoms with E-state index < -0.39 is 0 Å². The number of thiocarbonyl (C=S) groups is 1. The zero-order valence-corrected chi connectivity index (χ0v) is 6.77. The Morgan fingerprint density at radius 1 is 1.75 bits per heavy atom. The van der Waals surface area contributed by atoms with Crippen LogP contribution in [0.4, 0.5) is 0 Å². The van der Waals surface area contributed by atoms with Crippen LogP contribution in [0.3, 0.4) is 0 Å². The van der Waals surface area contributed by atoms with E-state index in [-0.39, 0.29) is 0 Å². The summed E-state index contributed by atoms with van der Waals surface area (Å²) in [6.45, 7) is 2.72. The Balaban J connectivity index is 2.82. The van der Waals surface area contributed by atoms with Crippen LogP contribution in [-0.2, 0) is 4.74 Å². The van der Waals surface area contributed by atoms with Crippen molar-refractivity contribution in [2.75, 3.05) is 19.5 Å². The summed E-state index contributed by atoms with van der Waals surface area (Å²) >= 11 is 6.48. The van der Waals surface area contributed by atoms with Crippen molar-refractivity contribution in [3.05, 3.63) is 0 Å². The molecule has 0 aromatic heterocycles. The smallest absolute Gasteiger partial charge is 0.0556 e. The molecule has 0 amide bonds. The molecule has 0 saturated carbocycles. The second-order valence-corrected chi connectivity index (χ2v) is 3.51. The molecule has 0 fully saturated rings. The molecule has 8 heavy (non-hydrogen) atoms. The molecule has 0 aliphatic heterocycles. The predicted octanol–water partition coefficient (Wildman–Crippen LogP) is 1.71. The third-order valence-corrected chi connectivity index (χ3v) is 1.72. The largest absolute Gasteiger partial charge is 0.384 e. The van der Waals surface area contributed by atoms with Gasteiger partial charge < -0.3 is 4.74 Å². The molecule has 48 valence electrons. The van der Waals surface area contributed by atoms with E-state index in [2.05, 4.69) is 0 Å². The van der Waals surface area contributed by atoms with Crippen LogP contribution in [0.25, 0.3) is 0 Å². The van der Waals surface area contributed by atoms with Crippen molar-refractivity contribution in [3.63, 3.8) is 0 Å². The lowest BCUT2D eigenvalue weighted by molar-refractivity contribution is 0.219. The maximum absolute atomic E-state index is 4.82. The number of thioether (sulfide) groups is 1. The van der Waals surface area contributed by atoms with Gasteiger partial charge in [0.2, 0.25) is 0 Å². The van der Waals surface area contributed by atoms with Gasteiger partial charge in [0.25, 0.3) is 0 Å². The van der Waals surface area contributed by atoms with Gasteiger partial charge in [0.05, 0.1) is 6.61 Å². The number of hydrogen-bond acceptors (Lipinski definition) is 3. The van der Waals surface area contributed by atoms with Crippen LogP contribution < -0.4 is 0 Å². The molecule has 0 spiro atoms. The van der Waals surface area contributed by atoms with E-state index in [4.69, 9.17) is 17.0 Å². The van der Waals surface area contributed by atoms with Gasteiger partial charge >= 0.3 is 0 Å². The first-order chi connectivity index (χ1) is 3.77. The average molecular weight is 150 g/mol. The highest BCUT2D eigenvalue weighted by Crippen LogP contribution is 2.01. The van der Waals surface area contributed by atoms with Crippen molar-refractivity contribution in [2.45, 2.75) is 6.92 Å². The number of methoxy groups -OCH3 is 1. The molecule has 0 rings (SSSR count). The van der Waals surface area contributed by atoms with Gasteiger partial charge in [-0.05, 0) is 6.92 Å². The first-order valence-electron chi connectivity index (χ1n) is 2.39. The van der Waals surface area contributed by atoms with Gasteiger partial charge in [-0.1, -0.05) is 12.2 Å². The molecule has 0 aromatic carbocycles. The lowest BCUT2D eigenvalue weighted by Crippen LogP contribution is -1.92. The fraction of sp³-hybridized carbons (Fsp3) is 0.800.